The summed E-state index contributed by atoms with van der Waals surface area (Å²) in [5.41, 5.74) is 10.6. The monoisotopic (exact) mass is 594 g/mol. The Balaban J connectivity index is 1.17. The molecule has 45 heavy (non-hydrogen) atoms. The Morgan fingerprint density at radius 3 is 1.96 bits per heavy atom. The smallest absolute Gasteiger partial charge is 0.153 e. The summed E-state index contributed by atoms with van der Waals surface area (Å²) in [6, 6.07) is 53.9. The molecule has 0 aliphatic rings. The summed E-state index contributed by atoms with van der Waals surface area (Å²) < 4.78 is 8.59. The molecular formula is C41H26N2OS. The predicted molar refractivity (Wildman–Crippen MR) is 190 cm³/mol. The highest BCUT2D eigenvalue weighted by Gasteiger charge is 2.18. The Bertz CT molecular complexity index is 2480. The Labute approximate surface area is 264 Å². The molecule has 6 aromatic carbocycles. The fraction of sp³-hybridized carbons (Fsp3) is 0. The molecule has 0 unspecified atom stereocenters. The van der Waals surface area contributed by atoms with Gasteiger partial charge >= 0.3 is 0 Å². The molecular weight excluding hydrogens is 569 g/mol. The standard InChI is InChI=1S/C41H26N2OS/c1-2-8-27(9-3-1)28-15-20-31(21-16-28)43(36-12-6-11-34-33-10-4-5-14-39(33)45-41(34)36)32-22-17-29(18-23-32)30-19-24-37-35(26-30)40-38(44-37)13-7-25-42-40/h1-26H. The number of anilines is 3. The van der Waals surface area contributed by atoms with Gasteiger partial charge in [0.15, 0.2) is 5.58 Å². The van der Waals surface area contributed by atoms with Crippen LogP contribution in [0.2, 0.25) is 0 Å². The number of rotatable bonds is 5. The van der Waals surface area contributed by atoms with Crippen LogP contribution >= 0.6 is 11.3 Å². The lowest BCUT2D eigenvalue weighted by Crippen LogP contribution is -2.10. The van der Waals surface area contributed by atoms with E-state index in [2.05, 4.69) is 143 Å². The summed E-state index contributed by atoms with van der Waals surface area (Å²) in [7, 11) is 0. The highest BCUT2D eigenvalue weighted by molar-refractivity contribution is 7.26. The first-order chi connectivity index (χ1) is 22.3. The SMILES string of the molecule is c1ccc(-c2ccc(N(c3ccc(-c4ccc5oc6cccnc6c5c4)cc3)c3cccc4c3sc3ccccc34)cc2)cc1. The average molecular weight is 595 g/mol. The Morgan fingerprint density at radius 2 is 1.16 bits per heavy atom. The Kier molecular flexibility index (Phi) is 6.00. The van der Waals surface area contributed by atoms with E-state index in [4.69, 9.17) is 4.42 Å². The number of benzene rings is 6. The lowest BCUT2D eigenvalue weighted by atomic mass is 10.0. The molecule has 3 nitrogen and oxygen atoms in total. The van der Waals surface area contributed by atoms with Crippen LogP contribution in [0, 0.1) is 0 Å². The van der Waals surface area contributed by atoms with Crippen molar-refractivity contribution >= 4 is 70.6 Å². The predicted octanol–water partition coefficient (Wildman–Crippen LogP) is 12.2. The molecule has 0 amide bonds. The van der Waals surface area contributed by atoms with Gasteiger partial charge in [0.05, 0.1) is 10.4 Å². The topological polar surface area (TPSA) is 29.3 Å². The van der Waals surface area contributed by atoms with Crippen LogP contribution in [0.1, 0.15) is 0 Å². The van der Waals surface area contributed by atoms with Crippen LogP contribution in [0.4, 0.5) is 17.1 Å². The van der Waals surface area contributed by atoms with Crippen molar-refractivity contribution in [2.24, 2.45) is 0 Å². The van der Waals surface area contributed by atoms with Crippen LogP contribution < -0.4 is 4.90 Å². The number of aromatic nitrogens is 1. The van der Waals surface area contributed by atoms with Gasteiger partial charge in [-0.2, -0.15) is 0 Å². The summed E-state index contributed by atoms with van der Waals surface area (Å²) >= 11 is 1.85. The van der Waals surface area contributed by atoms with E-state index in [9.17, 15) is 0 Å². The minimum atomic E-state index is 0.810. The molecule has 4 heteroatoms. The van der Waals surface area contributed by atoms with Gasteiger partial charge in [0.1, 0.15) is 11.1 Å². The van der Waals surface area contributed by atoms with Crippen molar-refractivity contribution in [2.75, 3.05) is 4.90 Å². The van der Waals surface area contributed by atoms with Gasteiger partial charge in [-0.25, -0.2) is 0 Å². The first-order valence-corrected chi connectivity index (χ1v) is 15.9. The highest BCUT2D eigenvalue weighted by Crippen LogP contribution is 2.45. The van der Waals surface area contributed by atoms with Crippen LogP contribution in [0.3, 0.4) is 0 Å². The van der Waals surface area contributed by atoms with Gasteiger partial charge in [-0.15, -0.1) is 11.3 Å². The van der Waals surface area contributed by atoms with E-state index in [0.717, 1.165) is 44.6 Å². The molecule has 0 aliphatic heterocycles. The number of furan rings is 1. The van der Waals surface area contributed by atoms with Gasteiger partial charge in [0.25, 0.3) is 0 Å². The van der Waals surface area contributed by atoms with E-state index in [0.29, 0.717) is 0 Å². The third-order valence-electron chi connectivity index (χ3n) is 8.54. The molecule has 3 heterocycles. The molecule has 0 atom stereocenters. The van der Waals surface area contributed by atoms with E-state index in [1.54, 1.807) is 0 Å². The molecule has 0 fully saturated rings. The van der Waals surface area contributed by atoms with Crippen LogP contribution in [0.25, 0.3) is 64.5 Å². The summed E-state index contributed by atoms with van der Waals surface area (Å²) in [5, 5.41) is 3.61. The van der Waals surface area contributed by atoms with Crippen LogP contribution in [0.15, 0.2) is 162 Å². The number of pyridine rings is 1. The van der Waals surface area contributed by atoms with E-state index >= 15 is 0 Å². The second-order valence-corrected chi connectivity index (χ2v) is 12.3. The molecule has 9 aromatic rings. The zero-order valence-corrected chi connectivity index (χ0v) is 25.0. The fourth-order valence-electron chi connectivity index (χ4n) is 6.35. The second-order valence-electron chi connectivity index (χ2n) is 11.2. The van der Waals surface area contributed by atoms with E-state index in [1.807, 2.05) is 35.7 Å². The maximum absolute atomic E-state index is 6.02. The molecule has 0 saturated carbocycles. The first-order valence-electron chi connectivity index (χ1n) is 15.0. The quantitative estimate of drug-likeness (QED) is 0.198. The largest absolute Gasteiger partial charge is 0.454 e. The lowest BCUT2D eigenvalue weighted by Gasteiger charge is -2.26. The molecule has 0 spiro atoms. The number of nitrogens with zero attached hydrogens (tertiary/aromatic N) is 2. The minimum Gasteiger partial charge on any atom is -0.454 e. The minimum absolute atomic E-state index is 0.810. The van der Waals surface area contributed by atoms with Crippen LogP contribution in [-0.4, -0.2) is 4.98 Å². The maximum Gasteiger partial charge on any atom is 0.153 e. The van der Waals surface area contributed by atoms with Crippen molar-refractivity contribution in [1.29, 1.82) is 0 Å². The molecule has 0 bridgehead atoms. The van der Waals surface area contributed by atoms with Gasteiger partial charge in [0.2, 0.25) is 0 Å². The third kappa shape index (κ3) is 4.38. The van der Waals surface area contributed by atoms with Crippen molar-refractivity contribution in [3.05, 3.63) is 158 Å². The van der Waals surface area contributed by atoms with Crippen molar-refractivity contribution < 1.29 is 4.42 Å². The summed E-state index contributed by atoms with van der Waals surface area (Å²) in [6.07, 6.45) is 1.82. The van der Waals surface area contributed by atoms with E-state index in [1.165, 1.54) is 37.0 Å². The second kappa shape index (κ2) is 10.5. The number of hydrogen-bond donors (Lipinski definition) is 0. The third-order valence-corrected chi connectivity index (χ3v) is 9.75. The number of fused-ring (bicyclic) bond motifs is 6. The van der Waals surface area contributed by atoms with Crippen LogP contribution in [0.5, 0.6) is 0 Å². The van der Waals surface area contributed by atoms with Crippen molar-refractivity contribution in [3.8, 4) is 22.3 Å². The molecule has 212 valence electrons. The van der Waals surface area contributed by atoms with Gasteiger partial charge in [-0.3, -0.25) is 4.98 Å². The summed E-state index contributed by atoms with van der Waals surface area (Å²) in [5.74, 6) is 0. The highest BCUT2D eigenvalue weighted by atomic mass is 32.1. The molecule has 9 rings (SSSR count). The lowest BCUT2D eigenvalue weighted by molar-refractivity contribution is 0.668. The van der Waals surface area contributed by atoms with E-state index in [-0.39, 0.29) is 0 Å². The van der Waals surface area contributed by atoms with Crippen molar-refractivity contribution in [2.45, 2.75) is 0 Å². The van der Waals surface area contributed by atoms with Gasteiger partial charge in [-0.05, 0) is 82.9 Å². The van der Waals surface area contributed by atoms with Crippen molar-refractivity contribution in [1.82, 2.24) is 4.98 Å². The molecule has 0 N–H and O–H groups in total. The van der Waals surface area contributed by atoms with Gasteiger partial charge < -0.3 is 9.32 Å². The summed E-state index contributed by atoms with van der Waals surface area (Å²) in [6.45, 7) is 0. The summed E-state index contributed by atoms with van der Waals surface area (Å²) in [4.78, 5) is 6.96. The Hall–Kier alpha value is -5.71. The maximum atomic E-state index is 6.02. The normalized spacial score (nSPS) is 11.6. The average Bonchev–Trinajstić information content (AvgIpc) is 3.68. The van der Waals surface area contributed by atoms with E-state index < -0.39 is 0 Å². The molecule has 0 saturated heterocycles. The zero-order chi connectivity index (χ0) is 29.7. The molecule has 0 aliphatic carbocycles. The molecule has 3 aromatic heterocycles. The first kappa shape index (κ1) is 25.8. The van der Waals surface area contributed by atoms with Crippen molar-refractivity contribution in [3.63, 3.8) is 0 Å². The van der Waals surface area contributed by atoms with Gasteiger partial charge in [-0.1, -0.05) is 91.0 Å². The number of thiophene rings is 1. The Morgan fingerprint density at radius 1 is 0.489 bits per heavy atom. The zero-order valence-electron chi connectivity index (χ0n) is 24.2. The number of hydrogen-bond acceptors (Lipinski definition) is 4. The fourth-order valence-corrected chi connectivity index (χ4v) is 7.56. The van der Waals surface area contributed by atoms with Gasteiger partial charge in [0, 0.05) is 38.4 Å². The molecule has 0 radical (unpaired) electrons. The van der Waals surface area contributed by atoms with Crippen LogP contribution in [-0.2, 0) is 0 Å².